The molecule has 0 radical (unpaired) electrons. The van der Waals surface area contributed by atoms with E-state index >= 15 is 0 Å². The molecule has 10 heteroatoms. The zero-order valence-electron chi connectivity index (χ0n) is 17.7. The summed E-state index contributed by atoms with van der Waals surface area (Å²) in [7, 11) is 0. The third kappa shape index (κ3) is 3.06. The molecule has 1 saturated carbocycles. The van der Waals surface area contributed by atoms with E-state index in [2.05, 4.69) is 20.7 Å². The molecule has 5 rings (SSSR count). The van der Waals surface area contributed by atoms with E-state index in [9.17, 15) is 14.7 Å². The number of para-hydroxylation sites is 1. The molecule has 0 unspecified atom stereocenters. The minimum Gasteiger partial charge on any atom is -0.477 e. The summed E-state index contributed by atoms with van der Waals surface area (Å²) in [6, 6.07) is 5.29. The van der Waals surface area contributed by atoms with Gasteiger partial charge in [0.05, 0.1) is 24.6 Å². The van der Waals surface area contributed by atoms with Crippen molar-refractivity contribution in [1.29, 1.82) is 0 Å². The Labute approximate surface area is 183 Å². The number of aromatic amines is 1. The van der Waals surface area contributed by atoms with Crippen molar-refractivity contribution in [2.75, 3.05) is 18.8 Å². The highest BCUT2D eigenvalue weighted by Gasteiger charge is 2.55. The quantitative estimate of drug-likeness (QED) is 0.473. The summed E-state index contributed by atoms with van der Waals surface area (Å²) in [4.78, 5) is 37.5. The number of carboxylic acid groups (broad SMARTS) is 1. The molecule has 2 aliphatic rings. The molecule has 1 aliphatic carbocycles. The van der Waals surface area contributed by atoms with Crippen molar-refractivity contribution >= 4 is 28.9 Å². The van der Waals surface area contributed by atoms with Gasteiger partial charge >= 0.3 is 12.1 Å². The number of aromatic nitrogens is 3. The summed E-state index contributed by atoms with van der Waals surface area (Å²) in [5.74, 6) is -0.495. The highest BCUT2D eigenvalue weighted by molar-refractivity contribution is 6.08. The van der Waals surface area contributed by atoms with Gasteiger partial charge in [0.1, 0.15) is 11.3 Å². The zero-order valence-corrected chi connectivity index (χ0v) is 17.7. The van der Waals surface area contributed by atoms with Crippen LogP contribution in [0.4, 0.5) is 10.7 Å². The van der Waals surface area contributed by atoms with Gasteiger partial charge in [-0.05, 0) is 25.3 Å². The van der Waals surface area contributed by atoms with E-state index in [0.29, 0.717) is 34.5 Å². The van der Waals surface area contributed by atoms with Crippen LogP contribution in [0.25, 0.3) is 22.0 Å². The van der Waals surface area contributed by atoms with Crippen molar-refractivity contribution in [2.24, 2.45) is 5.92 Å². The standard InChI is InChI=1S/C22H24N6O4/c1-11(28-10-22(32-21(28)31)5-12(6-22)7-23)14-3-2-4-15-16(13-8-25-20(24)26-9-13)18(19(29)30)27-17(14)15/h2-4,8-9,11-12,27H,5-7,10,23H2,1H3,(H,29,30)(H2,24,25,26)/p+1/t11-,12?,22?/m0/s1. The molecule has 2 aromatic heterocycles. The Kier molecular flexibility index (Phi) is 4.55. The second-order valence-corrected chi connectivity index (χ2v) is 8.70. The van der Waals surface area contributed by atoms with E-state index in [4.69, 9.17) is 10.5 Å². The summed E-state index contributed by atoms with van der Waals surface area (Å²) < 4.78 is 5.76. The van der Waals surface area contributed by atoms with E-state index in [0.717, 1.165) is 24.9 Å². The number of quaternary nitrogens is 1. The largest absolute Gasteiger partial charge is 0.477 e. The van der Waals surface area contributed by atoms with E-state index in [1.807, 2.05) is 25.1 Å². The molecule has 7 N–H and O–H groups in total. The molecule has 32 heavy (non-hydrogen) atoms. The molecule has 2 fully saturated rings. The number of H-pyrrole nitrogens is 1. The molecule has 10 nitrogen and oxygen atoms in total. The summed E-state index contributed by atoms with van der Waals surface area (Å²) in [5.41, 5.74) is 11.7. The van der Waals surface area contributed by atoms with Gasteiger partial charge < -0.3 is 26.3 Å². The number of aromatic carboxylic acids is 1. The minimum atomic E-state index is -1.10. The fourth-order valence-corrected chi connectivity index (χ4v) is 5.04. The predicted molar refractivity (Wildman–Crippen MR) is 116 cm³/mol. The number of ether oxygens (including phenoxy) is 1. The number of rotatable bonds is 5. The van der Waals surface area contributed by atoms with Crippen LogP contribution in [0.2, 0.25) is 0 Å². The van der Waals surface area contributed by atoms with Gasteiger partial charge in [-0.3, -0.25) is 4.90 Å². The Balaban J connectivity index is 1.55. The van der Waals surface area contributed by atoms with Crippen molar-refractivity contribution in [2.45, 2.75) is 31.4 Å². The van der Waals surface area contributed by atoms with Crippen LogP contribution in [0.3, 0.4) is 0 Å². The number of amides is 1. The first-order chi connectivity index (χ1) is 15.3. The smallest absolute Gasteiger partial charge is 0.411 e. The summed E-state index contributed by atoms with van der Waals surface area (Å²) in [6.07, 6.45) is 4.34. The van der Waals surface area contributed by atoms with E-state index in [1.54, 1.807) is 4.90 Å². The van der Waals surface area contributed by atoms with E-state index in [1.165, 1.54) is 12.4 Å². The van der Waals surface area contributed by atoms with Crippen molar-refractivity contribution in [1.82, 2.24) is 19.9 Å². The molecular weight excluding hydrogens is 412 g/mol. The van der Waals surface area contributed by atoms with Crippen molar-refractivity contribution in [3.05, 3.63) is 41.9 Å². The Bertz CT molecular complexity index is 1220. The molecule has 1 atom stereocenters. The maximum Gasteiger partial charge on any atom is 0.411 e. The molecule has 1 aliphatic heterocycles. The SMILES string of the molecule is C[C@@H](c1cccc2c(-c3cnc(N)nc3)c(C(=O)O)[nH]c12)N1CC2(CC(C[NH3+])C2)OC1=O. The van der Waals surface area contributed by atoms with Gasteiger partial charge in [0.15, 0.2) is 0 Å². The van der Waals surface area contributed by atoms with Crippen LogP contribution in [-0.2, 0) is 4.74 Å². The fourth-order valence-electron chi connectivity index (χ4n) is 5.04. The lowest BCUT2D eigenvalue weighted by atomic mass is 9.71. The maximum atomic E-state index is 12.7. The van der Waals surface area contributed by atoms with Gasteiger partial charge in [-0.15, -0.1) is 0 Å². The van der Waals surface area contributed by atoms with Crippen molar-refractivity contribution in [3.8, 4) is 11.1 Å². The van der Waals surface area contributed by atoms with Gasteiger partial charge in [-0.2, -0.15) is 0 Å². The van der Waals surface area contributed by atoms with Crippen LogP contribution in [0, 0.1) is 5.92 Å². The first-order valence-corrected chi connectivity index (χ1v) is 10.6. The van der Waals surface area contributed by atoms with Gasteiger partial charge in [0, 0.05) is 34.8 Å². The van der Waals surface area contributed by atoms with Gasteiger partial charge in [-0.25, -0.2) is 19.6 Å². The van der Waals surface area contributed by atoms with E-state index in [-0.39, 0.29) is 23.8 Å². The number of nitrogens with two attached hydrogens (primary N) is 1. The average molecular weight is 437 g/mol. The molecule has 1 aromatic carbocycles. The molecular formula is C22H25N6O4+. The van der Waals surface area contributed by atoms with E-state index < -0.39 is 11.6 Å². The van der Waals surface area contributed by atoms with Crippen molar-refractivity contribution < 1.29 is 25.2 Å². The Morgan fingerprint density at radius 2 is 2.12 bits per heavy atom. The van der Waals surface area contributed by atoms with Crippen LogP contribution in [0.5, 0.6) is 0 Å². The predicted octanol–water partition coefficient (Wildman–Crippen LogP) is 1.81. The summed E-state index contributed by atoms with van der Waals surface area (Å²) in [5, 5.41) is 10.5. The summed E-state index contributed by atoms with van der Waals surface area (Å²) in [6.45, 7) is 3.29. The Morgan fingerprint density at radius 3 is 2.78 bits per heavy atom. The monoisotopic (exact) mass is 437 g/mol. The number of carboxylic acids is 1. The molecule has 1 saturated heterocycles. The normalized spacial score (nSPS) is 23.4. The average Bonchev–Trinajstić information content (AvgIpc) is 3.31. The molecule has 166 valence electrons. The van der Waals surface area contributed by atoms with Gasteiger partial charge in [-0.1, -0.05) is 18.2 Å². The molecule has 3 heterocycles. The van der Waals surface area contributed by atoms with Gasteiger partial charge in [0.25, 0.3) is 0 Å². The molecule has 1 spiro atoms. The third-order valence-electron chi connectivity index (χ3n) is 6.68. The number of anilines is 1. The molecule has 1 amide bonds. The Hall–Kier alpha value is -3.66. The van der Waals surface area contributed by atoms with Crippen LogP contribution >= 0.6 is 0 Å². The number of fused-ring (bicyclic) bond motifs is 1. The van der Waals surface area contributed by atoms with Crippen molar-refractivity contribution in [3.63, 3.8) is 0 Å². The zero-order chi connectivity index (χ0) is 22.6. The molecule has 3 aromatic rings. The third-order valence-corrected chi connectivity index (χ3v) is 6.68. The summed E-state index contributed by atoms with van der Waals surface area (Å²) >= 11 is 0. The second-order valence-electron chi connectivity index (χ2n) is 8.70. The lowest BCUT2D eigenvalue weighted by Gasteiger charge is -2.41. The number of nitrogen functional groups attached to an aromatic ring is 1. The number of benzene rings is 1. The lowest BCUT2D eigenvalue weighted by Crippen LogP contribution is -2.60. The second kappa shape index (κ2) is 7.20. The Morgan fingerprint density at radius 1 is 1.41 bits per heavy atom. The number of nitrogens with one attached hydrogen (secondary N) is 1. The van der Waals surface area contributed by atoms with Crippen LogP contribution in [-0.4, -0.2) is 55.7 Å². The number of carbonyl (C=O) groups is 2. The highest BCUT2D eigenvalue weighted by Crippen LogP contribution is 2.47. The number of hydrogen-bond donors (Lipinski definition) is 4. The van der Waals surface area contributed by atoms with Crippen LogP contribution < -0.4 is 11.5 Å². The maximum absolute atomic E-state index is 12.7. The lowest BCUT2D eigenvalue weighted by molar-refractivity contribution is -0.388. The van der Waals surface area contributed by atoms with Crippen LogP contribution in [0.15, 0.2) is 30.6 Å². The molecule has 0 bridgehead atoms. The number of nitrogens with zero attached hydrogens (tertiary/aromatic N) is 3. The van der Waals surface area contributed by atoms with Gasteiger partial charge in [0.2, 0.25) is 5.95 Å². The first kappa shape index (κ1) is 20.3. The fraction of sp³-hybridized carbons (Fsp3) is 0.364. The van der Waals surface area contributed by atoms with Crippen LogP contribution in [0.1, 0.15) is 41.9 Å². The topological polar surface area (TPSA) is 162 Å². The number of hydrogen-bond acceptors (Lipinski definition) is 6. The highest BCUT2D eigenvalue weighted by atomic mass is 16.6. The minimum absolute atomic E-state index is 0.0331. The number of carbonyl (C=O) groups excluding carboxylic acids is 1. The first-order valence-electron chi connectivity index (χ1n) is 10.6.